The van der Waals surface area contributed by atoms with Gasteiger partial charge in [0.2, 0.25) is 0 Å². The molecule has 2 aromatic carbocycles. The first-order valence-electron chi connectivity index (χ1n) is 7.83. The van der Waals surface area contributed by atoms with Gasteiger partial charge in [0.1, 0.15) is 0 Å². The third kappa shape index (κ3) is 5.45. The Morgan fingerprint density at radius 1 is 0.818 bits per heavy atom. The van der Waals surface area contributed by atoms with Crippen molar-refractivity contribution in [2.45, 2.75) is 49.7 Å². The highest BCUT2D eigenvalue weighted by molar-refractivity contribution is 7.99. The molecule has 2 rings (SSSR count). The zero-order valence-corrected chi connectivity index (χ0v) is 13.7. The van der Waals surface area contributed by atoms with E-state index >= 15 is 0 Å². The van der Waals surface area contributed by atoms with Crippen LogP contribution in [0.1, 0.15) is 38.2 Å². The number of aryl methyl sites for hydroxylation is 1. The molecule has 0 nitrogen and oxygen atoms in total. The van der Waals surface area contributed by atoms with E-state index in [1.54, 1.807) is 12.1 Å². The molecule has 0 aliphatic carbocycles. The molecule has 118 valence electrons. The summed E-state index contributed by atoms with van der Waals surface area (Å²) in [6.45, 7) is 2.22. The molecule has 0 unspecified atom stereocenters. The van der Waals surface area contributed by atoms with E-state index in [0.29, 0.717) is 16.7 Å². The largest absolute Gasteiger partial charge is 0.288 e. The second kappa shape index (κ2) is 8.94. The molecule has 3 heteroatoms. The molecule has 2 aromatic rings. The van der Waals surface area contributed by atoms with E-state index in [9.17, 15) is 8.78 Å². The molecule has 0 heterocycles. The lowest BCUT2D eigenvalue weighted by Gasteiger charge is -2.06. The fourth-order valence-electron chi connectivity index (χ4n) is 2.45. The van der Waals surface area contributed by atoms with Crippen molar-refractivity contribution in [2.75, 3.05) is 0 Å². The number of hydrogen-bond donors (Lipinski definition) is 0. The average molecular weight is 320 g/mol. The van der Waals surface area contributed by atoms with Gasteiger partial charge in [-0.05, 0) is 41.7 Å². The summed E-state index contributed by atoms with van der Waals surface area (Å²) in [5, 5.41) is 0. The molecule has 0 radical (unpaired) electrons. The highest BCUT2D eigenvalue weighted by atomic mass is 32.2. The number of hydrogen-bond acceptors (Lipinski definition) is 1. The Hall–Kier alpha value is -1.35. The Labute approximate surface area is 135 Å². The Bertz CT molecular complexity index is 547. The Morgan fingerprint density at radius 2 is 1.41 bits per heavy atom. The maximum absolute atomic E-state index is 12.3. The molecule has 0 aliphatic heterocycles. The minimum absolute atomic E-state index is 0.584. The van der Waals surface area contributed by atoms with Crippen molar-refractivity contribution >= 4 is 11.8 Å². The van der Waals surface area contributed by atoms with Crippen molar-refractivity contribution in [3.8, 4) is 11.1 Å². The molecule has 0 atom stereocenters. The Morgan fingerprint density at radius 3 is 1.95 bits per heavy atom. The molecule has 0 aromatic heterocycles. The average Bonchev–Trinajstić information content (AvgIpc) is 2.52. The van der Waals surface area contributed by atoms with E-state index in [4.69, 9.17) is 0 Å². The van der Waals surface area contributed by atoms with Gasteiger partial charge in [-0.3, -0.25) is 0 Å². The standard InChI is InChI=1S/C19H22F2S/c1-2-3-4-5-6-15-7-9-16(10-8-15)17-11-13-18(14-12-17)22-19(20)21/h7-14,19H,2-6H2,1H3. The summed E-state index contributed by atoms with van der Waals surface area (Å²) >= 11 is 0.584. The summed E-state index contributed by atoms with van der Waals surface area (Å²) in [5.41, 5.74) is 3.56. The molecule has 0 N–H and O–H groups in total. The van der Waals surface area contributed by atoms with Crippen molar-refractivity contribution in [1.29, 1.82) is 0 Å². The van der Waals surface area contributed by atoms with Crippen LogP contribution in [0, 0.1) is 0 Å². The minimum atomic E-state index is -2.36. The maximum Gasteiger partial charge on any atom is 0.288 e. The van der Waals surface area contributed by atoms with Crippen molar-refractivity contribution in [1.82, 2.24) is 0 Å². The van der Waals surface area contributed by atoms with Crippen LogP contribution in [0.2, 0.25) is 0 Å². The first kappa shape index (κ1) is 17.0. The molecule has 0 bridgehead atoms. The first-order chi connectivity index (χ1) is 10.7. The number of alkyl halides is 2. The van der Waals surface area contributed by atoms with Crippen LogP contribution in [0.15, 0.2) is 53.4 Å². The highest BCUT2D eigenvalue weighted by Gasteiger charge is 2.05. The molecule has 22 heavy (non-hydrogen) atoms. The molecule has 0 saturated heterocycles. The zero-order valence-electron chi connectivity index (χ0n) is 12.9. The number of halogens is 2. The predicted octanol–water partition coefficient (Wildman–Crippen LogP) is 6.79. The van der Waals surface area contributed by atoms with E-state index in [1.807, 2.05) is 12.1 Å². The van der Waals surface area contributed by atoms with Crippen LogP contribution < -0.4 is 0 Å². The predicted molar refractivity (Wildman–Crippen MR) is 91.6 cm³/mol. The minimum Gasteiger partial charge on any atom is -0.198 e. The van der Waals surface area contributed by atoms with Gasteiger partial charge < -0.3 is 0 Å². The van der Waals surface area contributed by atoms with Crippen LogP contribution in [0.5, 0.6) is 0 Å². The SMILES string of the molecule is CCCCCCc1ccc(-c2ccc(SC(F)F)cc2)cc1. The summed E-state index contributed by atoms with van der Waals surface area (Å²) in [5.74, 6) is -2.36. The van der Waals surface area contributed by atoms with E-state index in [2.05, 4.69) is 31.2 Å². The molecule has 0 fully saturated rings. The van der Waals surface area contributed by atoms with Gasteiger partial charge in [0.05, 0.1) is 0 Å². The van der Waals surface area contributed by atoms with Crippen molar-refractivity contribution in [3.05, 3.63) is 54.1 Å². The smallest absolute Gasteiger partial charge is 0.198 e. The van der Waals surface area contributed by atoms with Crippen LogP contribution in [0.3, 0.4) is 0 Å². The normalized spacial score (nSPS) is 11.1. The van der Waals surface area contributed by atoms with Gasteiger partial charge in [-0.15, -0.1) is 0 Å². The quantitative estimate of drug-likeness (QED) is 0.381. The number of thioether (sulfide) groups is 1. The van der Waals surface area contributed by atoms with E-state index in [1.165, 1.54) is 31.2 Å². The zero-order chi connectivity index (χ0) is 15.8. The van der Waals surface area contributed by atoms with Crippen molar-refractivity contribution < 1.29 is 8.78 Å². The maximum atomic E-state index is 12.3. The Kier molecular flexibility index (Phi) is 6.91. The third-order valence-electron chi connectivity index (χ3n) is 3.69. The van der Waals surface area contributed by atoms with Gasteiger partial charge in [0, 0.05) is 4.90 Å². The van der Waals surface area contributed by atoms with Gasteiger partial charge >= 0.3 is 0 Å². The van der Waals surface area contributed by atoms with Gasteiger partial charge in [0.25, 0.3) is 5.76 Å². The number of rotatable bonds is 8. The summed E-state index contributed by atoms with van der Waals surface area (Å²) < 4.78 is 24.6. The molecule has 0 spiro atoms. The fourth-order valence-corrected chi connectivity index (χ4v) is 2.95. The third-order valence-corrected chi connectivity index (χ3v) is 4.41. The molecular weight excluding hydrogens is 298 g/mol. The molecular formula is C19H22F2S. The van der Waals surface area contributed by atoms with Crippen LogP contribution >= 0.6 is 11.8 Å². The van der Waals surface area contributed by atoms with E-state index < -0.39 is 5.76 Å². The molecule has 0 amide bonds. The van der Waals surface area contributed by atoms with E-state index in [0.717, 1.165) is 17.5 Å². The van der Waals surface area contributed by atoms with Crippen LogP contribution in [-0.4, -0.2) is 5.76 Å². The van der Waals surface area contributed by atoms with Gasteiger partial charge in [-0.25, -0.2) is 0 Å². The summed E-state index contributed by atoms with van der Waals surface area (Å²) in [6.07, 6.45) is 6.23. The molecule has 0 saturated carbocycles. The lowest BCUT2D eigenvalue weighted by atomic mass is 10.0. The number of unbranched alkanes of at least 4 members (excludes halogenated alkanes) is 3. The molecule has 0 aliphatic rings. The first-order valence-corrected chi connectivity index (χ1v) is 8.71. The summed E-state index contributed by atoms with van der Waals surface area (Å²) in [7, 11) is 0. The topological polar surface area (TPSA) is 0 Å². The Balaban J connectivity index is 1.95. The van der Waals surface area contributed by atoms with Crippen molar-refractivity contribution in [2.24, 2.45) is 0 Å². The van der Waals surface area contributed by atoms with Gasteiger partial charge in [0.15, 0.2) is 0 Å². The lowest BCUT2D eigenvalue weighted by Crippen LogP contribution is -1.87. The van der Waals surface area contributed by atoms with Crippen LogP contribution in [-0.2, 0) is 6.42 Å². The fraction of sp³-hybridized carbons (Fsp3) is 0.368. The highest BCUT2D eigenvalue weighted by Crippen LogP contribution is 2.28. The van der Waals surface area contributed by atoms with E-state index in [-0.39, 0.29) is 0 Å². The monoisotopic (exact) mass is 320 g/mol. The van der Waals surface area contributed by atoms with Crippen molar-refractivity contribution in [3.63, 3.8) is 0 Å². The summed E-state index contributed by atoms with van der Waals surface area (Å²) in [6, 6.07) is 15.9. The van der Waals surface area contributed by atoms with Gasteiger partial charge in [-0.2, -0.15) is 8.78 Å². The second-order valence-electron chi connectivity index (χ2n) is 5.41. The second-order valence-corrected chi connectivity index (χ2v) is 6.47. The van der Waals surface area contributed by atoms with Gasteiger partial charge in [-0.1, -0.05) is 74.3 Å². The lowest BCUT2D eigenvalue weighted by molar-refractivity contribution is 0.252. The number of benzene rings is 2. The van der Waals surface area contributed by atoms with Crippen LogP contribution in [0.4, 0.5) is 8.78 Å². The summed E-state index contributed by atoms with van der Waals surface area (Å²) in [4.78, 5) is 0.603. The van der Waals surface area contributed by atoms with Crippen LogP contribution in [0.25, 0.3) is 11.1 Å².